The van der Waals surface area contributed by atoms with Crippen LogP contribution in [0.4, 0.5) is 11.4 Å². The Bertz CT molecular complexity index is 1210. The van der Waals surface area contributed by atoms with Gasteiger partial charge in [0.25, 0.3) is 5.91 Å². The van der Waals surface area contributed by atoms with E-state index < -0.39 is 18.5 Å². The highest BCUT2D eigenvalue weighted by Crippen LogP contribution is 2.26. The Balaban J connectivity index is 1.38. The minimum Gasteiger partial charge on any atom is -0.457 e. The minimum absolute atomic E-state index is 0.0892. The zero-order valence-electron chi connectivity index (χ0n) is 19.2. The molecule has 9 heteroatoms. The smallest absolute Gasteiger partial charge is 0.306 e. The Kier molecular flexibility index (Phi) is 9.11. The summed E-state index contributed by atoms with van der Waals surface area (Å²) in [5.41, 5.74) is 3.20. The van der Waals surface area contributed by atoms with Crippen LogP contribution < -0.4 is 15.4 Å². The molecule has 0 bridgehead atoms. The molecule has 3 rings (SSSR count). The second-order valence-electron chi connectivity index (χ2n) is 7.84. The van der Waals surface area contributed by atoms with Gasteiger partial charge in [-0.15, -0.1) is 0 Å². The number of hydrogen-bond donors (Lipinski definition) is 2. The topological polar surface area (TPSA) is 93.7 Å². The number of hydrogen-bond acceptors (Lipinski definition) is 5. The molecule has 0 heterocycles. The van der Waals surface area contributed by atoms with Gasteiger partial charge >= 0.3 is 5.97 Å². The number of carbonyl (C=O) groups excluding carboxylic acids is 3. The van der Waals surface area contributed by atoms with Crippen molar-refractivity contribution in [1.82, 2.24) is 0 Å². The molecule has 0 fully saturated rings. The van der Waals surface area contributed by atoms with Gasteiger partial charge < -0.3 is 20.1 Å². The lowest BCUT2D eigenvalue weighted by atomic mass is 10.1. The van der Waals surface area contributed by atoms with Crippen LogP contribution in [0.2, 0.25) is 10.0 Å². The summed E-state index contributed by atoms with van der Waals surface area (Å²) >= 11 is 11.7. The van der Waals surface area contributed by atoms with Gasteiger partial charge in [-0.2, -0.15) is 0 Å². The second-order valence-corrected chi connectivity index (χ2v) is 8.65. The highest BCUT2D eigenvalue weighted by Gasteiger charge is 2.12. The summed E-state index contributed by atoms with van der Waals surface area (Å²) in [6.45, 7) is 3.52. The standard InChI is InChI=1S/C26H24Cl2N2O5/c1-16-11-17(2)13-21(12-16)35-20-6-3-18(4-7-20)29-24(31)9-10-26(33)34-15-25(32)30-19-5-8-22(27)23(28)14-19/h3-8,11-14H,9-10,15H2,1-2H3,(H,29,31)(H,30,32). The van der Waals surface area contributed by atoms with Crippen LogP contribution in [0.15, 0.2) is 60.7 Å². The zero-order chi connectivity index (χ0) is 25.4. The van der Waals surface area contributed by atoms with Crippen LogP contribution in [-0.2, 0) is 19.1 Å². The molecule has 0 radical (unpaired) electrons. The number of carbonyl (C=O) groups is 3. The van der Waals surface area contributed by atoms with Crippen molar-refractivity contribution in [3.05, 3.63) is 81.8 Å². The largest absolute Gasteiger partial charge is 0.457 e. The molecular formula is C26H24Cl2N2O5. The van der Waals surface area contributed by atoms with Crippen molar-refractivity contribution in [3.8, 4) is 11.5 Å². The van der Waals surface area contributed by atoms with Gasteiger partial charge in [-0.25, -0.2) is 0 Å². The average molecular weight is 515 g/mol. The Morgan fingerprint density at radius 1 is 0.714 bits per heavy atom. The number of halogens is 2. The summed E-state index contributed by atoms with van der Waals surface area (Å²) < 4.78 is 10.8. The molecule has 0 aliphatic heterocycles. The van der Waals surface area contributed by atoms with E-state index in [4.69, 9.17) is 32.7 Å². The van der Waals surface area contributed by atoms with Crippen molar-refractivity contribution in [1.29, 1.82) is 0 Å². The molecule has 0 aliphatic carbocycles. The van der Waals surface area contributed by atoms with Gasteiger partial charge in [0.15, 0.2) is 6.61 Å². The van der Waals surface area contributed by atoms with Crippen LogP contribution in [-0.4, -0.2) is 24.4 Å². The summed E-state index contributed by atoms with van der Waals surface area (Å²) in [6, 6.07) is 17.4. The molecular weight excluding hydrogens is 491 g/mol. The average Bonchev–Trinajstić information content (AvgIpc) is 2.79. The van der Waals surface area contributed by atoms with Crippen LogP contribution in [0, 0.1) is 13.8 Å². The van der Waals surface area contributed by atoms with Crippen LogP contribution >= 0.6 is 23.2 Å². The van der Waals surface area contributed by atoms with E-state index in [1.165, 1.54) is 12.1 Å². The fourth-order valence-electron chi connectivity index (χ4n) is 3.16. The first kappa shape index (κ1) is 26.1. The molecule has 0 unspecified atom stereocenters. The van der Waals surface area contributed by atoms with Crippen molar-refractivity contribution < 1.29 is 23.9 Å². The monoisotopic (exact) mass is 514 g/mol. The maximum absolute atomic E-state index is 12.2. The first-order chi connectivity index (χ1) is 16.7. The molecule has 0 saturated heterocycles. The van der Waals surface area contributed by atoms with E-state index in [0.717, 1.165) is 16.9 Å². The van der Waals surface area contributed by atoms with Crippen LogP contribution in [0.3, 0.4) is 0 Å². The third-order valence-corrected chi connectivity index (χ3v) is 5.43. The van der Waals surface area contributed by atoms with E-state index in [1.54, 1.807) is 30.3 Å². The van der Waals surface area contributed by atoms with E-state index in [9.17, 15) is 14.4 Å². The minimum atomic E-state index is -0.665. The Morgan fingerprint density at radius 3 is 2.00 bits per heavy atom. The number of esters is 1. The van der Waals surface area contributed by atoms with E-state index in [2.05, 4.69) is 16.7 Å². The Morgan fingerprint density at radius 2 is 1.34 bits per heavy atom. The van der Waals surface area contributed by atoms with Crippen molar-refractivity contribution >= 4 is 52.4 Å². The normalized spacial score (nSPS) is 10.4. The number of rotatable bonds is 9. The fraction of sp³-hybridized carbons (Fsp3) is 0.192. The highest BCUT2D eigenvalue weighted by atomic mass is 35.5. The summed E-state index contributed by atoms with van der Waals surface area (Å²) in [6.07, 6.45) is -0.256. The summed E-state index contributed by atoms with van der Waals surface area (Å²) in [4.78, 5) is 36.0. The molecule has 182 valence electrons. The van der Waals surface area contributed by atoms with Crippen LogP contribution in [0.1, 0.15) is 24.0 Å². The first-order valence-electron chi connectivity index (χ1n) is 10.7. The van der Waals surface area contributed by atoms with Gasteiger partial charge in [-0.1, -0.05) is 29.3 Å². The molecule has 2 N–H and O–H groups in total. The van der Waals surface area contributed by atoms with Crippen LogP contribution in [0.5, 0.6) is 11.5 Å². The van der Waals surface area contributed by atoms with Gasteiger partial charge in [-0.3, -0.25) is 14.4 Å². The van der Waals surface area contributed by atoms with Gasteiger partial charge in [0.1, 0.15) is 11.5 Å². The maximum Gasteiger partial charge on any atom is 0.306 e. The quantitative estimate of drug-likeness (QED) is 0.326. The molecule has 2 amide bonds. The van der Waals surface area contributed by atoms with E-state index >= 15 is 0 Å². The van der Waals surface area contributed by atoms with Gasteiger partial charge in [0.05, 0.1) is 16.5 Å². The molecule has 0 aliphatic rings. The molecule has 0 atom stereocenters. The third-order valence-electron chi connectivity index (χ3n) is 4.69. The highest BCUT2D eigenvalue weighted by molar-refractivity contribution is 6.42. The summed E-state index contributed by atoms with van der Waals surface area (Å²) in [5, 5.41) is 5.89. The number of benzene rings is 3. The lowest BCUT2D eigenvalue weighted by Gasteiger charge is -2.10. The number of aryl methyl sites for hydroxylation is 2. The molecule has 0 spiro atoms. The second kappa shape index (κ2) is 12.2. The van der Waals surface area contributed by atoms with Gasteiger partial charge in [-0.05, 0) is 79.6 Å². The maximum atomic E-state index is 12.2. The van der Waals surface area contributed by atoms with E-state index in [0.29, 0.717) is 22.1 Å². The summed E-state index contributed by atoms with van der Waals surface area (Å²) in [5.74, 6) is -0.185. The summed E-state index contributed by atoms with van der Waals surface area (Å²) in [7, 11) is 0. The van der Waals surface area contributed by atoms with E-state index in [-0.39, 0.29) is 23.8 Å². The molecule has 3 aromatic carbocycles. The van der Waals surface area contributed by atoms with Crippen LogP contribution in [0.25, 0.3) is 0 Å². The van der Waals surface area contributed by atoms with Crippen molar-refractivity contribution in [2.45, 2.75) is 26.7 Å². The van der Waals surface area contributed by atoms with Gasteiger partial charge in [0, 0.05) is 17.8 Å². The van der Waals surface area contributed by atoms with Crippen molar-refractivity contribution in [3.63, 3.8) is 0 Å². The predicted molar refractivity (Wildman–Crippen MR) is 136 cm³/mol. The molecule has 7 nitrogen and oxygen atoms in total. The first-order valence-corrected chi connectivity index (χ1v) is 11.5. The Labute approximate surface area is 213 Å². The number of amides is 2. The lowest BCUT2D eigenvalue weighted by Crippen LogP contribution is -2.21. The number of ether oxygens (including phenoxy) is 2. The fourth-order valence-corrected chi connectivity index (χ4v) is 3.46. The van der Waals surface area contributed by atoms with E-state index in [1.807, 2.05) is 26.0 Å². The molecule has 0 aromatic heterocycles. The predicted octanol–water partition coefficient (Wildman–Crippen LogP) is 6.30. The molecule has 3 aromatic rings. The van der Waals surface area contributed by atoms with Gasteiger partial charge in [0.2, 0.25) is 5.91 Å². The van der Waals surface area contributed by atoms with Crippen molar-refractivity contribution in [2.75, 3.05) is 17.2 Å². The third kappa shape index (κ3) is 8.63. The lowest BCUT2D eigenvalue weighted by molar-refractivity contribution is -0.147. The molecule has 35 heavy (non-hydrogen) atoms. The number of nitrogens with one attached hydrogen (secondary N) is 2. The SMILES string of the molecule is Cc1cc(C)cc(Oc2ccc(NC(=O)CCC(=O)OCC(=O)Nc3ccc(Cl)c(Cl)c3)cc2)c1. The molecule has 0 saturated carbocycles. The zero-order valence-corrected chi connectivity index (χ0v) is 20.7. The van der Waals surface area contributed by atoms with Crippen molar-refractivity contribution in [2.24, 2.45) is 0 Å². The Hall–Kier alpha value is -3.55. The number of anilines is 2.